The molecular formula is C11H16S. The normalized spacial score (nSPS) is 12.8. The summed E-state index contributed by atoms with van der Waals surface area (Å²) in [5.41, 5.74) is 1.46. The van der Waals surface area contributed by atoms with Crippen molar-refractivity contribution in [3.05, 3.63) is 35.9 Å². The molecule has 1 atom stereocenters. The van der Waals surface area contributed by atoms with Gasteiger partial charge in [-0.15, -0.1) is 0 Å². The number of rotatable bonds is 4. The maximum atomic E-state index is 2.31. The summed E-state index contributed by atoms with van der Waals surface area (Å²) in [6.07, 6.45) is 3.38. The smallest absolute Gasteiger partial charge is 0.00414 e. The van der Waals surface area contributed by atoms with E-state index >= 15 is 0 Å². The Morgan fingerprint density at radius 1 is 1.25 bits per heavy atom. The molecule has 1 unspecified atom stereocenters. The lowest BCUT2D eigenvalue weighted by molar-refractivity contribution is 0.659. The molecule has 0 N–H and O–H groups in total. The maximum Gasteiger partial charge on any atom is -0.00414 e. The first-order chi connectivity index (χ1) is 5.83. The predicted octanol–water partition coefficient (Wildman–Crippen LogP) is 3.23. The monoisotopic (exact) mass is 180 g/mol. The molecule has 1 aromatic carbocycles. The molecule has 0 aliphatic carbocycles. The predicted molar refractivity (Wildman–Crippen MR) is 57.7 cm³/mol. The number of thioether (sulfide) groups is 1. The maximum absolute atomic E-state index is 2.31. The third kappa shape index (κ3) is 3.31. The Labute approximate surface area is 79.4 Å². The average molecular weight is 180 g/mol. The van der Waals surface area contributed by atoms with Crippen molar-refractivity contribution < 1.29 is 0 Å². The van der Waals surface area contributed by atoms with E-state index in [1.165, 1.54) is 17.7 Å². The van der Waals surface area contributed by atoms with Gasteiger partial charge in [-0.2, -0.15) is 11.8 Å². The summed E-state index contributed by atoms with van der Waals surface area (Å²) in [5.74, 6) is 2.05. The minimum Gasteiger partial charge on any atom is -0.165 e. The summed E-state index contributed by atoms with van der Waals surface area (Å²) < 4.78 is 0. The highest BCUT2D eigenvalue weighted by Crippen LogP contribution is 2.11. The highest BCUT2D eigenvalue weighted by Gasteiger charge is 2.01. The van der Waals surface area contributed by atoms with Crippen LogP contribution < -0.4 is 0 Å². The molecule has 1 rings (SSSR count). The van der Waals surface area contributed by atoms with Crippen LogP contribution in [0.1, 0.15) is 12.5 Å². The zero-order valence-electron chi connectivity index (χ0n) is 7.79. The minimum atomic E-state index is 0.794. The molecular weight excluding hydrogens is 164 g/mol. The number of benzene rings is 1. The second-order valence-corrected chi connectivity index (χ2v) is 4.16. The summed E-state index contributed by atoms with van der Waals surface area (Å²) in [7, 11) is 0. The zero-order chi connectivity index (χ0) is 8.81. The van der Waals surface area contributed by atoms with Gasteiger partial charge >= 0.3 is 0 Å². The van der Waals surface area contributed by atoms with Crippen LogP contribution in [-0.2, 0) is 6.42 Å². The third-order valence-electron chi connectivity index (χ3n) is 1.88. The fourth-order valence-corrected chi connectivity index (χ4v) is 2.05. The fourth-order valence-electron chi connectivity index (χ4n) is 1.36. The highest BCUT2D eigenvalue weighted by molar-refractivity contribution is 7.98. The van der Waals surface area contributed by atoms with Crippen LogP contribution in [-0.4, -0.2) is 12.0 Å². The summed E-state index contributed by atoms with van der Waals surface area (Å²) >= 11 is 1.93. The lowest BCUT2D eigenvalue weighted by Gasteiger charge is -2.08. The van der Waals surface area contributed by atoms with Crippen LogP contribution in [0.25, 0.3) is 0 Å². The van der Waals surface area contributed by atoms with Gasteiger partial charge in [0, 0.05) is 0 Å². The topological polar surface area (TPSA) is 0 Å². The van der Waals surface area contributed by atoms with E-state index in [9.17, 15) is 0 Å². The van der Waals surface area contributed by atoms with E-state index in [1.807, 2.05) is 11.8 Å². The number of hydrogen-bond donors (Lipinski definition) is 0. The van der Waals surface area contributed by atoms with Crippen molar-refractivity contribution >= 4 is 11.8 Å². The van der Waals surface area contributed by atoms with Crippen molar-refractivity contribution in [2.24, 2.45) is 5.92 Å². The Morgan fingerprint density at radius 2 is 1.92 bits per heavy atom. The van der Waals surface area contributed by atoms with Crippen molar-refractivity contribution in [2.75, 3.05) is 12.0 Å². The van der Waals surface area contributed by atoms with Crippen molar-refractivity contribution in [1.29, 1.82) is 0 Å². The molecule has 0 saturated heterocycles. The van der Waals surface area contributed by atoms with Crippen LogP contribution in [0.2, 0.25) is 0 Å². The fraction of sp³-hybridized carbons (Fsp3) is 0.455. The van der Waals surface area contributed by atoms with E-state index in [1.54, 1.807) is 0 Å². The largest absolute Gasteiger partial charge is 0.165 e. The van der Waals surface area contributed by atoms with Gasteiger partial charge in [0.15, 0.2) is 0 Å². The second kappa shape index (κ2) is 5.26. The summed E-state index contributed by atoms with van der Waals surface area (Å²) in [6, 6.07) is 10.7. The minimum absolute atomic E-state index is 0.794. The van der Waals surface area contributed by atoms with Crippen molar-refractivity contribution in [2.45, 2.75) is 13.3 Å². The first-order valence-corrected chi connectivity index (χ1v) is 5.75. The number of hydrogen-bond acceptors (Lipinski definition) is 1. The second-order valence-electron chi connectivity index (χ2n) is 3.25. The molecule has 0 heterocycles. The van der Waals surface area contributed by atoms with Gasteiger partial charge < -0.3 is 0 Å². The molecule has 66 valence electrons. The molecule has 0 amide bonds. The summed E-state index contributed by atoms with van der Waals surface area (Å²) in [5, 5.41) is 0. The van der Waals surface area contributed by atoms with Gasteiger partial charge in [-0.25, -0.2) is 0 Å². The summed E-state index contributed by atoms with van der Waals surface area (Å²) in [6.45, 7) is 2.31. The SMILES string of the molecule is CSCC(C)Cc1ccccc1. The van der Waals surface area contributed by atoms with Crippen molar-refractivity contribution in [3.8, 4) is 0 Å². The van der Waals surface area contributed by atoms with Crippen LogP contribution in [0.15, 0.2) is 30.3 Å². The van der Waals surface area contributed by atoms with Gasteiger partial charge in [0.1, 0.15) is 0 Å². The molecule has 12 heavy (non-hydrogen) atoms. The Balaban J connectivity index is 2.41. The molecule has 0 aliphatic heterocycles. The highest BCUT2D eigenvalue weighted by atomic mass is 32.2. The molecule has 0 nitrogen and oxygen atoms in total. The van der Waals surface area contributed by atoms with E-state index in [0.29, 0.717) is 0 Å². The molecule has 0 bridgehead atoms. The van der Waals surface area contributed by atoms with E-state index in [2.05, 4.69) is 43.5 Å². The van der Waals surface area contributed by atoms with E-state index < -0.39 is 0 Å². The summed E-state index contributed by atoms with van der Waals surface area (Å²) in [4.78, 5) is 0. The van der Waals surface area contributed by atoms with Crippen LogP contribution >= 0.6 is 11.8 Å². The molecule has 0 fully saturated rings. The average Bonchev–Trinajstić information content (AvgIpc) is 2.06. The van der Waals surface area contributed by atoms with E-state index in [0.717, 1.165) is 5.92 Å². The Bertz CT molecular complexity index is 206. The van der Waals surface area contributed by atoms with Gasteiger partial charge in [-0.05, 0) is 29.9 Å². The Hall–Kier alpha value is -0.430. The van der Waals surface area contributed by atoms with Gasteiger partial charge in [0.2, 0.25) is 0 Å². The van der Waals surface area contributed by atoms with Crippen LogP contribution in [0.5, 0.6) is 0 Å². The third-order valence-corrected chi connectivity index (χ3v) is 2.78. The lowest BCUT2D eigenvalue weighted by Crippen LogP contribution is -2.01. The van der Waals surface area contributed by atoms with Gasteiger partial charge in [-0.3, -0.25) is 0 Å². The first kappa shape index (κ1) is 9.66. The van der Waals surface area contributed by atoms with Crippen LogP contribution in [0, 0.1) is 5.92 Å². The standard InChI is InChI=1S/C11H16S/c1-10(9-12-2)8-11-6-4-3-5-7-11/h3-7,10H,8-9H2,1-2H3. The molecule has 1 heteroatoms. The first-order valence-electron chi connectivity index (χ1n) is 4.36. The van der Waals surface area contributed by atoms with Gasteiger partial charge in [-0.1, -0.05) is 37.3 Å². The zero-order valence-corrected chi connectivity index (χ0v) is 8.60. The van der Waals surface area contributed by atoms with E-state index in [4.69, 9.17) is 0 Å². The Morgan fingerprint density at radius 3 is 2.50 bits per heavy atom. The van der Waals surface area contributed by atoms with Crippen LogP contribution in [0.3, 0.4) is 0 Å². The lowest BCUT2D eigenvalue weighted by atomic mass is 10.0. The van der Waals surface area contributed by atoms with Crippen LogP contribution in [0.4, 0.5) is 0 Å². The van der Waals surface area contributed by atoms with Crippen molar-refractivity contribution in [3.63, 3.8) is 0 Å². The quantitative estimate of drug-likeness (QED) is 0.685. The Kier molecular flexibility index (Phi) is 4.23. The molecule has 1 aromatic rings. The van der Waals surface area contributed by atoms with Gasteiger partial charge in [0.25, 0.3) is 0 Å². The van der Waals surface area contributed by atoms with Gasteiger partial charge in [0.05, 0.1) is 0 Å². The molecule has 0 saturated carbocycles. The van der Waals surface area contributed by atoms with Crippen molar-refractivity contribution in [1.82, 2.24) is 0 Å². The molecule has 0 radical (unpaired) electrons. The molecule has 0 aromatic heterocycles. The molecule has 0 aliphatic rings. The van der Waals surface area contributed by atoms with E-state index in [-0.39, 0.29) is 0 Å². The molecule has 0 spiro atoms.